The number of alkyl halides is 2. The maximum atomic E-state index is 13.1. The molecule has 4 heterocycles. The second-order valence-electron chi connectivity index (χ2n) is 8.28. The van der Waals surface area contributed by atoms with Crippen molar-refractivity contribution in [3.63, 3.8) is 0 Å². The second kappa shape index (κ2) is 8.56. The number of hydrogen-bond acceptors (Lipinski definition) is 7. The molecule has 1 saturated heterocycles. The highest BCUT2D eigenvalue weighted by molar-refractivity contribution is 6.09. The first-order valence-corrected chi connectivity index (χ1v) is 10.6. The molecule has 0 bridgehead atoms. The Morgan fingerprint density at radius 1 is 1.33 bits per heavy atom. The van der Waals surface area contributed by atoms with Crippen molar-refractivity contribution in [3.8, 4) is 5.75 Å². The van der Waals surface area contributed by atoms with Crippen LogP contribution in [0.4, 0.5) is 20.2 Å². The van der Waals surface area contributed by atoms with Gasteiger partial charge < -0.3 is 24.4 Å². The number of halogens is 2. The number of nitrogens with zero attached hydrogens (tertiary/aromatic N) is 4. The summed E-state index contributed by atoms with van der Waals surface area (Å²) in [6.07, 6.45) is 5.16. The summed E-state index contributed by atoms with van der Waals surface area (Å²) in [5.74, 6) is 0.244. The standard InChI is InChI=1S/C22H23F2N5O4/c1-22(13-32-21(23)24)11-14-9-16(17(10-18(14)33-22)28-5-7-31-8-6-28)27-20(30)15-12-26-29-4-2-3-25-19(15)29/h2-4,9-10,12,21H,5-8,11,13H2,1H3,(H,27,30)/t22-/m1/s1. The average molecular weight is 459 g/mol. The minimum atomic E-state index is -2.87. The van der Waals surface area contributed by atoms with Crippen LogP contribution in [0, 0.1) is 0 Å². The predicted molar refractivity (Wildman–Crippen MR) is 115 cm³/mol. The van der Waals surface area contributed by atoms with Crippen molar-refractivity contribution in [1.82, 2.24) is 14.6 Å². The number of ether oxygens (including phenoxy) is 3. The number of carbonyl (C=O) groups excluding carboxylic acids is 1. The molecule has 11 heteroatoms. The number of hydrogen-bond donors (Lipinski definition) is 1. The van der Waals surface area contributed by atoms with Crippen molar-refractivity contribution in [2.45, 2.75) is 25.6 Å². The van der Waals surface area contributed by atoms with Gasteiger partial charge in [-0.2, -0.15) is 13.9 Å². The number of amides is 1. The van der Waals surface area contributed by atoms with E-state index in [1.54, 1.807) is 25.4 Å². The molecule has 0 saturated carbocycles. The number of carbonyl (C=O) groups is 1. The molecule has 5 rings (SSSR count). The molecule has 9 nitrogen and oxygen atoms in total. The van der Waals surface area contributed by atoms with Crippen molar-refractivity contribution < 1.29 is 27.8 Å². The molecular weight excluding hydrogens is 436 g/mol. The molecule has 1 N–H and O–H groups in total. The van der Waals surface area contributed by atoms with E-state index in [2.05, 4.69) is 25.0 Å². The molecule has 1 amide bonds. The fraction of sp³-hybridized carbons (Fsp3) is 0.409. The van der Waals surface area contributed by atoms with Gasteiger partial charge in [-0.25, -0.2) is 9.50 Å². The van der Waals surface area contributed by atoms with E-state index in [-0.39, 0.29) is 12.5 Å². The fourth-order valence-corrected chi connectivity index (χ4v) is 4.21. The summed E-state index contributed by atoms with van der Waals surface area (Å²) < 4.78 is 42.7. The van der Waals surface area contributed by atoms with Crippen LogP contribution in [0.5, 0.6) is 5.75 Å². The summed E-state index contributed by atoms with van der Waals surface area (Å²) in [6, 6.07) is 5.41. The molecule has 0 radical (unpaired) electrons. The van der Waals surface area contributed by atoms with Gasteiger partial charge in [0.2, 0.25) is 0 Å². The molecule has 174 valence electrons. The molecule has 1 aromatic carbocycles. The normalized spacial score (nSPS) is 20.2. The Labute approximate surface area is 188 Å². The van der Waals surface area contributed by atoms with Crippen LogP contribution >= 0.6 is 0 Å². The van der Waals surface area contributed by atoms with Crippen LogP contribution in [0.15, 0.2) is 36.8 Å². The van der Waals surface area contributed by atoms with Gasteiger partial charge in [0.15, 0.2) is 5.65 Å². The van der Waals surface area contributed by atoms with Gasteiger partial charge in [-0.05, 0) is 19.1 Å². The first-order valence-electron chi connectivity index (χ1n) is 10.6. The van der Waals surface area contributed by atoms with Crippen molar-refractivity contribution in [2.75, 3.05) is 43.1 Å². The van der Waals surface area contributed by atoms with E-state index in [1.165, 1.54) is 10.7 Å². The van der Waals surface area contributed by atoms with E-state index in [0.29, 0.717) is 55.4 Å². The third-order valence-corrected chi connectivity index (χ3v) is 5.74. The summed E-state index contributed by atoms with van der Waals surface area (Å²) in [7, 11) is 0. The summed E-state index contributed by atoms with van der Waals surface area (Å²) in [4.78, 5) is 19.5. The van der Waals surface area contributed by atoms with Gasteiger partial charge in [0, 0.05) is 43.5 Å². The maximum absolute atomic E-state index is 13.1. The summed E-state index contributed by atoms with van der Waals surface area (Å²) in [5, 5.41) is 7.16. The molecule has 2 aliphatic rings. The van der Waals surface area contributed by atoms with Crippen molar-refractivity contribution in [1.29, 1.82) is 0 Å². The molecule has 1 atom stereocenters. The lowest BCUT2D eigenvalue weighted by Crippen LogP contribution is -2.37. The highest BCUT2D eigenvalue weighted by atomic mass is 19.3. The first kappa shape index (κ1) is 21.5. The van der Waals surface area contributed by atoms with Gasteiger partial charge in [-0.15, -0.1) is 0 Å². The van der Waals surface area contributed by atoms with Gasteiger partial charge in [0.1, 0.15) is 16.9 Å². The molecule has 3 aromatic rings. The predicted octanol–water partition coefficient (Wildman–Crippen LogP) is 2.75. The zero-order valence-corrected chi connectivity index (χ0v) is 18.0. The highest BCUT2D eigenvalue weighted by Gasteiger charge is 2.37. The van der Waals surface area contributed by atoms with Gasteiger partial charge in [-0.3, -0.25) is 4.79 Å². The van der Waals surface area contributed by atoms with Crippen LogP contribution in [-0.2, 0) is 15.9 Å². The first-order chi connectivity index (χ1) is 15.9. The average Bonchev–Trinajstić information content (AvgIpc) is 3.38. The Hall–Kier alpha value is -3.31. The zero-order valence-electron chi connectivity index (χ0n) is 18.0. The van der Waals surface area contributed by atoms with Gasteiger partial charge in [0.05, 0.1) is 37.4 Å². The van der Waals surface area contributed by atoms with E-state index in [1.807, 2.05) is 12.1 Å². The molecule has 0 unspecified atom stereocenters. The van der Waals surface area contributed by atoms with Gasteiger partial charge in [0.25, 0.3) is 5.91 Å². The number of aromatic nitrogens is 3. The Morgan fingerprint density at radius 3 is 2.94 bits per heavy atom. The molecule has 33 heavy (non-hydrogen) atoms. The van der Waals surface area contributed by atoms with E-state index >= 15 is 0 Å². The smallest absolute Gasteiger partial charge is 0.345 e. The van der Waals surface area contributed by atoms with Crippen LogP contribution < -0.4 is 15.0 Å². The zero-order chi connectivity index (χ0) is 23.0. The van der Waals surface area contributed by atoms with Gasteiger partial charge >= 0.3 is 6.61 Å². The minimum absolute atomic E-state index is 0.248. The SMILES string of the molecule is C[C@]1(COC(F)F)Cc2cc(NC(=O)c3cnn4cccnc34)c(N3CCOCC3)cc2O1. The number of fused-ring (bicyclic) bond motifs is 2. The molecule has 2 aliphatic heterocycles. The topological polar surface area (TPSA) is 90.2 Å². The van der Waals surface area contributed by atoms with Crippen LogP contribution in [-0.4, -0.2) is 65.6 Å². The highest BCUT2D eigenvalue weighted by Crippen LogP contribution is 2.42. The Kier molecular flexibility index (Phi) is 5.59. The summed E-state index contributed by atoms with van der Waals surface area (Å²) >= 11 is 0. The van der Waals surface area contributed by atoms with E-state index < -0.39 is 12.2 Å². The number of benzene rings is 1. The summed E-state index contributed by atoms with van der Waals surface area (Å²) in [5.41, 5.74) is 2.04. The number of anilines is 2. The van der Waals surface area contributed by atoms with Crippen LogP contribution in [0.25, 0.3) is 5.65 Å². The van der Waals surface area contributed by atoms with Crippen molar-refractivity contribution >= 4 is 22.9 Å². The monoisotopic (exact) mass is 459 g/mol. The lowest BCUT2D eigenvalue weighted by molar-refractivity contribution is -0.158. The Morgan fingerprint density at radius 2 is 2.15 bits per heavy atom. The Bertz CT molecular complexity index is 1180. The van der Waals surface area contributed by atoms with Crippen LogP contribution in [0.1, 0.15) is 22.8 Å². The van der Waals surface area contributed by atoms with Gasteiger partial charge in [-0.1, -0.05) is 0 Å². The van der Waals surface area contributed by atoms with E-state index in [9.17, 15) is 13.6 Å². The largest absolute Gasteiger partial charge is 0.484 e. The maximum Gasteiger partial charge on any atom is 0.345 e. The van der Waals surface area contributed by atoms with E-state index in [0.717, 1.165) is 11.3 Å². The number of nitrogens with one attached hydrogen (secondary N) is 1. The summed E-state index contributed by atoms with van der Waals surface area (Å²) in [6.45, 7) is 1.02. The van der Waals surface area contributed by atoms with E-state index in [4.69, 9.17) is 9.47 Å². The lowest BCUT2D eigenvalue weighted by Gasteiger charge is -2.31. The molecular formula is C22H23F2N5O4. The van der Waals surface area contributed by atoms with Crippen LogP contribution in [0.2, 0.25) is 0 Å². The third kappa shape index (κ3) is 4.33. The van der Waals surface area contributed by atoms with Crippen LogP contribution in [0.3, 0.4) is 0 Å². The van der Waals surface area contributed by atoms with Crippen molar-refractivity contribution in [3.05, 3.63) is 47.9 Å². The number of rotatable bonds is 6. The Balaban J connectivity index is 1.46. The molecule has 0 spiro atoms. The molecule has 0 aliphatic carbocycles. The van der Waals surface area contributed by atoms with Crippen molar-refractivity contribution in [2.24, 2.45) is 0 Å². The lowest BCUT2D eigenvalue weighted by atomic mass is 9.99. The fourth-order valence-electron chi connectivity index (χ4n) is 4.21. The quantitative estimate of drug-likeness (QED) is 0.606. The molecule has 2 aromatic heterocycles. The minimum Gasteiger partial charge on any atom is -0.484 e. The molecule has 1 fully saturated rings. The second-order valence-corrected chi connectivity index (χ2v) is 8.28. The third-order valence-electron chi connectivity index (χ3n) is 5.74. The number of morpholine rings is 1.